The van der Waals surface area contributed by atoms with Gasteiger partial charge in [-0.15, -0.1) is 0 Å². The highest BCUT2D eigenvalue weighted by atomic mass is 16.7. The molecular formula is C21H25NO4. The van der Waals surface area contributed by atoms with Crippen molar-refractivity contribution in [2.75, 3.05) is 13.4 Å². The van der Waals surface area contributed by atoms with Crippen LogP contribution in [0.25, 0.3) is 0 Å². The van der Waals surface area contributed by atoms with Gasteiger partial charge in [0.25, 0.3) is 0 Å². The second kappa shape index (κ2) is 8.23. The molecular weight excluding hydrogens is 330 g/mol. The Kier molecular flexibility index (Phi) is 5.78. The molecule has 2 aromatic rings. The Balaban J connectivity index is 1.75. The summed E-state index contributed by atoms with van der Waals surface area (Å²) in [6, 6.07) is 14.0. The molecule has 2 aromatic carbocycles. The first kappa shape index (κ1) is 18.3. The molecule has 26 heavy (non-hydrogen) atoms. The standard InChI is InChI=1S/C21H25NO4/c1-15(2)24-13-21(23)22(11-17-6-4-16(3)5-7-17)12-18-8-9-19-20(10-18)26-14-25-19/h4-10,15H,11-14H2,1-3H3. The number of fused-ring (bicyclic) bond motifs is 1. The monoisotopic (exact) mass is 355 g/mol. The first-order chi connectivity index (χ1) is 12.5. The molecule has 0 aliphatic carbocycles. The van der Waals surface area contributed by atoms with Gasteiger partial charge in [-0.2, -0.15) is 0 Å². The third-order valence-corrected chi connectivity index (χ3v) is 4.20. The summed E-state index contributed by atoms with van der Waals surface area (Å²) in [5.41, 5.74) is 3.29. The quantitative estimate of drug-likeness (QED) is 0.760. The number of ether oxygens (including phenoxy) is 3. The second-order valence-corrected chi connectivity index (χ2v) is 6.78. The van der Waals surface area contributed by atoms with Crippen molar-refractivity contribution in [3.05, 3.63) is 59.2 Å². The molecule has 5 heteroatoms. The lowest BCUT2D eigenvalue weighted by atomic mass is 10.1. The molecule has 3 rings (SSSR count). The zero-order valence-electron chi connectivity index (χ0n) is 15.5. The summed E-state index contributed by atoms with van der Waals surface area (Å²) in [6.45, 7) is 7.25. The highest BCUT2D eigenvalue weighted by molar-refractivity contribution is 5.77. The van der Waals surface area contributed by atoms with Gasteiger partial charge in [0.1, 0.15) is 6.61 Å². The summed E-state index contributed by atoms with van der Waals surface area (Å²) in [5.74, 6) is 1.44. The van der Waals surface area contributed by atoms with Crippen molar-refractivity contribution in [1.29, 1.82) is 0 Å². The van der Waals surface area contributed by atoms with Crippen LogP contribution in [0.5, 0.6) is 11.5 Å². The Morgan fingerprint density at radius 1 is 1.04 bits per heavy atom. The van der Waals surface area contributed by atoms with Gasteiger partial charge in [-0.25, -0.2) is 0 Å². The Hall–Kier alpha value is -2.53. The highest BCUT2D eigenvalue weighted by Gasteiger charge is 2.18. The van der Waals surface area contributed by atoms with Crippen molar-refractivity contribution in [2.45, 2.75) is 40.0 Å². The molecule has 1 aliphatic heterocycles. The van der Waals surface area contributed by atoms with Crippen LogP contribution in [0.1, 0.15) is 30.5 Å². The van der Waals surface area contributed by atoms with Crippen molar-refractivity contribution in [3.63, 3.8) is 0 Å². The minimum Gasteiger partial charge on any atom is -0.454 e. The number of hydrogen-bond acceptors (Lipinski definition) is 4. The molecule has 0 bridgehead atoms. The first-order valence-corrected chi connectivity index (χ1v) is 8.84. The summed E-state index contributed by atoms with van der Waals surface area (Å²) in [7, 11) is 0. The van der Waals surface area contributed by atoms with E-state index in [0.717, 1.165) is 22.6 Å². The molecule has 0 saturated carbocycles. The van der Waals surface area contributed by atoms with Crippen LogP contribution in [0.2, 0.25) is 0 Å². The van der Waals surface area contributed by atoms with Gasteiger partial charge in [0, 0.05) is 13.1 Å². The summed E-state index contributed by atoms with van der Waals surface area (Å²) >= 11 is 0. The molecule has 0 N–H and O–H groups in total. The van der Waals surface area contributed by atoms with Crippen LogP contribution in [0.15, 0.2) is 42.5 Å². The Labute approximate surface area is 154 Å². The number of amides is 1. The molecule has 1 aliphatic rings. The molecule has 138 valence electrons. The Bertz CT molecular complexity index is 755. The maximum atomic E-state index is 12.7. The average Bonchev–Trinajstić information content (AvgIpc) is 3.08. The SMILES string of the molecule is Cc1ccc(CN(Cc2ccc3c(c2)OCO3)C(=O)COC(C)C)cc1. The molecule has 0 radical (unpaired) electrons. The fraction of sp³-hybridized carbons (Fsp3) is 0.381. The van der Waals surface area contributed by atoms with Crippen molar-refractivity contribution in [2.24, 2.45) is 0 Å². The first-order valence-electron chi connectivity index (χ1n) is 8.84. The van der Waals surface area contributed by atoms with Crippen LogP contribution in [0.3, 0.4) is 0 Å². The van der Waals surface area contributed by atoms with Gasteiger partial charge in [-0.3, -0.25) is 4.79 Å². The predicted molar refractivity (Wildman–Crippen MR) is 99.1 cm³/mol. The average molecular weight is 355 g/mol. The van der Waals surface area contributed by atoms with Gasteiger partial charge in [0.05, 0.1) is 6.10 Å². The summed E-state index contributed by atoms with van der Waals surface area (Å²) in [5, 5.41) is 0. The van der Waals surface area contributed by atoms with E-state index < -0.39 is 0 Å². The van der Waals surface area contributed by atoms with E-state index in [1.807, 2.05) is 36.9 Å². The van der Waals surface area contributed by atoms with E-state index in [0.29, 0.717) is 13.1 Å². The van der Waals surface area contributed by atoms with E-state index in [9.17, 15) is 4.79 Å². The van der Waals surface area contributed by atoms with E-state index in [1.54, 1.807) is 0 Å². The van der Waals surface area contributed by atoms with Gasteiger partial charge < -0.3 is 19.1 Å². The van der Waals surface area contributed by atoms with Gasteiger partial charge in [-0.1, -0.05) is 35.9 Å². The molecule has 0 fully saturated rings. The summed E-state index contributed by atoms with van der Waals surface area (Å²) in [6.07, 6.45) is 0.0192. The van der Waals surface area contributed by atoms with Crippen LogP contribution in [0.4, 0.5) is 0 Å². The van der Waals surface area contributed by atoms with E-state index in [-0.39, 0.29) is 25.4 Å². The largest absolute Gasteiger partial charge is 0.454 e. The van der Waals surface area contributed by atoms with E-state index in [2.05, 4.69) is 31.2 Å². The molecule has 0 unspecified atom stereocenters. The minimum absolute atomic E-state index is 0.0192. The van der Waals surface area contributed by atoms with Gasteiger partial charge in [0.15, 0.2) is 11.5 Å². The Morgan fingerprint density at radius 3 is 2.42 bits per heavy atom. The van der Waals surface area contributed by atoms with Crippen LogP contribution >= 0.6 is 0 Å². The van der Waals surface area contributed by atoms with Crippen LogP contribution < -0.4 is 9.47 Å². The fourth-order valence-electron chi connectivity index (χ4n) is 2.74. The third kappa shape index (κ3) is 4.76. The number of carbonyl (C=O) groups is 1. The zero-order valence-corrected chi connectivity index (χ0v) is 15.5. The topological polar surface area (TPSA) is 48.0 Å². The number of hydrogen-bond donors (Lipinski definition) is 0. The number of aryl methyl sites for hydroxylation is 1. The highest BCUT2D eigenvalue weighted by Crippen LogP contribution is 2.33. The molecule has 0 atom stereocenters. The molecule has 5 nitrogen and oxygen atoms in total. The van der Waals surface area contributed by atoms with Gasteiger partial charge >= 0.3 is 0 Å². The lowest BCUT2D eigenvalue weighted by Gasteiger charge is -2.24. The van der Waals surface area contributed by atoms with E-state index >= 15 is 0 Å². The van der Waals surface area contributed by atoms with Crippen LogP contribution in [-0.2, 0) is 22.6 Å². The van der Waals surface area contributed by atoms with Crippen molar-refractivity contribution < 1.29 is 19.0 Å². The number of rotatable bonds is 7. The molecule has 1 amide bonds. The lowest BCUT2D eigenvalue weighted by molar-refractivity contribution is -0.138. The van der Waals surface area contributed by atoms with Crippen molar-refractivity contribution in [1.82, 2.24) is 4.90 Å². The number of benzene rings is 2. The van der Waals surface area contributed by atoms with Gasteiger partial charge in [-0.05, 0) is 44.0 Å². The third-order valence-electron chi connectivity index (χ3n) is 4.20. The minimum atomic E-state index is -0.0306. The summed E-state index contributed by atoms with van der Waals surface area (Å²) in [4.78, 5) is 14.5. The second-order valence-electron chi connectivity index (χ2n) is 6.78. The number of carbonyl (C=O) groups excluding carboxylic acids is 1. The fourth-order valence-corrected chi connectivity index (χ4v) is 2.74. The van der Waals surface area contributed by atoms with Gasteiger partial charge in [0.2, 0.25) is 12.7 Å². The molecule has 0 aromatic heterocycles. The molecule has 0 spiro atoms. The van der Waals surface area contributed by atoms with Crippen LogP contribution in [-0.4, -0.2) is 30.3 Å². The van der Waals surface area contributed by atoms with E-state index in [4.69, 9.17) is 14.2 Å². The normalized spacial score (nSPS) is 12.5. The van der Waals surface area contributed by atoms with E-state index in [1.165, 1.54) is 5.56 Å². The maximum absolute atomic E-state index is 12.7. The van der Waals surface area contributed by atoms with Crippen LogP contribution in [0, 0.1) is 6.92 Å². The summed E-state index contributed by atoms with van der Waals surface area (Å²) < 4.78 is 16.3. The molecule has 0 saturated heterocycles. The lowest BCUT2D eigenvalue weighted by Crippen LogP contribution is -2.33. The maximum Gasteiger partial charge on any atom is 0.249 e. The Morgan fingerprint density at radius 2 is 1.69 bits per heavy atom. The smallest absolute Gasteiger partial charge is 0.249 e. The number of nitrogens with zero attached hydrogens (tertiary/aromatic N) is 1. The van der Waals surface area contributed by atoms with Crippen molar-refractivity contribution >= 4 is 5.91 Å². The molecule has 1 heterocycles. The van der Waals surface area contributed by atoms with Crippen molar-refractivity contribution in [3.8, 4) is 11.5 Å². The zero-order chi connectivity index (χ0) is 18.5. The predicted octanol–water partition coefficient (Wildman–Crippen LogP) is 3.68.